The summed E-state index contributed by atoms with van der Waals surface area (Å²) in [6, 6.07) is 14.7. The first kappa shape index (κ1) is 18.8. The van der Waals surface area contributed by atoms with Gasteiger partial charge in [0.15, 0.2) is 5.78 Å². The SMILES string of the molecule is O=C(O)/C=C/c1cccc(-c2cnc3[nH]cc(C(=O)c4ccc5nsnc5c4)c3c2)c1. The summed E-state index contributed by atoms with van der Waals surface area (Å²) in [6.07, 6.45) is 6.02. The molecule has 0 unspecified atom stereocenters. The van der Waals surface area contributed by atoms with Crippen molar-refractivity contribution < 1.29 is 14.7 Å². The summed E-state index contributed by atoms with van der Waals surface area (Å²) in [6.45, 7) is 0. The summed E-state index contributed by atoms with van der Waals surface area (Å²) in [5.74, 6) is -1.13. The number of nitrogens with one attached hydrogen (secondary N) is 1. The number of hydrogen-bond donors (Lipinski definition) is 2. The maximum absolute atomic E-state index is 13.2. The van der Waals surface area contributed by atoms with Crippen LogP contribution in [-0.2, 0) is 4.79 Å². The minimum atomic E-state index is -1.00. The van der Waals surface area contributed by atoms with Crippen LogP contribution in [0.25, 0.3) is 39.3 Å². The van der Waals surface area contributed by atoms with Gasteiger partial charge in [-0.25, -0.2) is 9.78 Å². The Balaban J connectivity index is 1.55. The lowest BCUT2D eigenvalue weighted by Crippen LogP contribution is -2.00. The number of carboxylic acids is 1. The molecule has 0 atom stereocenters. The fourth-order valence-electron chi connectivity index (χ4n) is 3.42. The van der Waals surface area contributed by atoms with Crippen molar-refractivity contribution >= 4 is 51.6 Å². The first-order valence-corrected chi connectivity index (χ1v) is 10.1. The highest BCUT2D eigenvalue weighted by atomic mass is 32.1. The normalized spacial score (nSPS) is 11.5. The second kappa shape index (κ2) is 7.58. The van der Waals surface area contributed by atoms with Crippen molar-refractivity contribution in [2.75, 3.05) is 0 Å². The zero-order valence-electron chi connectivity index (χ0n) is 15.9. The molecule has 2 N–H and O–H groups in total. The molecule has 5 aromatic rings. The van der Waals surface area contributed by atoms with E-state index >= 15 is 0 Å². The monoisotopic (exact) mass is 426 g/mol. The van der Waals surface area contributed by atoms with Gasteiger partial charge in [0.1, 0.15) is 16.7 Å². The lowest BCUT2D eigenvalue weighted by molar-refractivity contribution is -0.131. The van der Waals surface area contributed by atoms with Crippen LogP contribution in [0.4, 0.5) is 0 Å². The Hall–Kier alpha value is -4.17. The molecule has 0 aliphatic heterocycles. The minimum absolute atomic E-state index is 0.127. The predicted octanol–water partition coefficient (Wildman–Crippen LogP) is 4.56. The van der Waals surface area contributed by atoms with E-state index in [-0.39, 0.29) is 5.78 Å². The molecular weight excluding hydrogens is 412 g/mol. The molecule has 150 valence electrons. The maximum atomic E-state index is 13.2. The molecule has 0 bridgehead atoms. The van der Waals surface area contributed by atoms with Crippen molar-refractivity contribution in [3.8, 4) is 11.1 Å². The summed E-state index contributed by atoms with van der Waals surface area (Å²) < 4.78 is 8.38. The van der Waals surface area contributed by atoms with Gasteiger partial charge in [0.25, 0.3) is 0 Å². The molecule has 0 aliphatic rings. The molecule has 0 fully saturated rings. The topological polar surface area (TPSA) is 109 Å². The lowest BCUT2D eigenvalue weighted by Gasteiger charge is -2.05. The number of aromatic amines is 1. The number of carbonyl (C=O) groups is 2. The van der Waals surface area contributed by atoms with Crippen molar-refractivity contribution in [1.82, 2.24) is 18.7 Å². The zero-order valence-corrected chi connectivity index (χ0v) is 16.8. The van der Waals surface area contributed by atoms with Crippen LogP contribution in [0.1, 0.15) is 21.5 Å². The number of fused-ring (bicyclic) bond motifs is 2. The molecule has 0 amide bonds. The highest BCUT2D eigenvalue weighted by Gasteiger charge is 2.17. The van der Waals surface area contributed by atoms with E-state index in [0.717, 1.165) is 40.0 Å². The van der Waals surface area contributed by atoms with Gasteiger partial charge in [-0.1, -0.05) is 18.2 Å². The molecule has 3 heterocycles. The lowest BCUT2D eigenvalue weighted by atomic mass is 10.00. The Labute approximate surface area is 180 Å². The minimum Gasteiger partial charge on any atom is -0.478 e. The predicted molar refractivity (Wildman–Crippen MR) is 119 cm³/mol. The van der Waals surface area contributed by atoms with E-state index in [1.54, 1.807) is 30.6 Å². The molecule has 0 saturated heterocycles. The van der Waals surface area contributed by atoms with Crippen molar-refractivity contribution in [3.63, 3.8) is 0 Å². The number of hydrogen-bond acceptors (Lipinski definition) is 6. The van der Waals surface area contributed by atoms with Crippen LogP contribution in [-0.4, -0.2) is 35.6 Å². The van der Waals surface area contributed by atoms with Crippen LogP contribution in [0.3, 0.4) is 0 Å². The number of benzene rings is 2. The number of aromatic nitrogens is 4. The van der Waals surface area contributed by atoms with Crippen molar-refractivity contribution in [2.24, 2.45) is 0 Å². The third-order valence-electron chi connectivity index (χ3n) is 4.93. The second-order valence-corrected chi connectivity index (χ2v) is 7.44. The van der Waals surface area contributed by atoms with Crippen LogP contribution in [0.5, 0.6) is 0 Å². The van der Waals surface area contributed by atoms with E-state index < -0.39 is 5.97 Å². The van der Waals surface area contributed by atoms with E-state index in [9.17, 15) is 9.59 Å². The van der Waals surface area contributed by atoms with E-state index in [2.05, 4.69) is 18.7 Å². The third-order valence-corrected chi connectivity index (χ3v) is 5.49. The van der Waals surface area contributed by atoms with E-state index in [0.29, 0.717) is 27.7 Å². The molecule has 3 aromatic heterocycles. The van der Waals surface area contributed by atoms with Gasteiger partial charge in [-0.2, -0.15) is 8.75 Å². The van der Waals surface area contributed by atoms with Gasteiger partial charge in [-0.05, 0) is 47.5 Å². The number of rotatable bonds is 5. The molecule has 31 heavy (non-hydrogen) atoms. The van der Waals surface area contributed by atoms with Gasteiger partial charge in [-0.3, -0.25) is 4.79 Å². The van der Waals surface area contributed by atoms with Crippen LogP contribution in [0.15, 0.2) is 67.0 Å². The molecule has 2 aromatic carbocycles. The van der Waals surface area contributed by atoms with Crippen LogP contribution < -0.4 is 0 Å². The highest BCUT2D eigenvalue weighted by molar-refractivity contribution is 7.00. The highest BCUT2D eigenvalue weighted by Crippen LogP contribution is 2.27. The zero-order chi connectivity index (χ0) is 21.4. The Morgan fingerprint density at radius 3 is 2.74 bits per heavy atom. The number of pyridine rings is 1. The molecule has 0 saturated carbocycles. The smallest absolute Gasteiger partial charge is 0.328 e. The van der Waals surface area contributed by atoms with Gasteiger partial charge in [-0.15, -0.1) is 0 Å². The molecule has 5 rings (SSSR count). The van der Waals surface area contributed by atoms with Gasteiger partial charge >= 0.3 is 5.97 Å². The molecule has 0 radical (unpaired) electrons. The second-order valence-electron chi connectivity index (χ2n) is 6.92. The van der Waals surface area contributed by atoms with E-state index in [1.165, 1.54) is 6.08 Å². The molecule has 8 heteroatoms. The number of carbonyl (C=O) groups excluding carboxylic acids is 1. The fourth-order valence-corrected chi connectivity index (χ4v) is 3.93. The Bertz CT molecular complexity index is 1500. The summed E-state index contributed by atoms with van der Waals surface area (Å²) in [5, 5.41) is 9.55. The average molecular weight is 426 g/mol. The van der Waals surface area contributed by atoms with Crippen molar-refractivity contribution in [2.45, 2.75) is 0 Å². The van der Waals surface area contributed by atoms with Crippen LogP contribution in [0, 0.1) is 0 Å². The summed E-state index contributed by atoms with van der Waals surface area (Å²) in [7, 11) is 0. The van der Waals surface area contributed by atoms with Gasteiger partial charge < -0.3 is 10.1 Å². The quantitative estimate of drug-likeness (QED) is 0.315. The number of ketones is 1. The Morgan fingerprint density at radius 2 is 1.87 bits per heavy atom. The molecule has 0 aliphatic carbocycles. The summed E-state index contributed by atoms with van der Waals surface area (Å²) in [4.78, 5) is 31.5. The Morgan fingerprint density at radius 1 is 1.00 bits per heavy atom. The maximum Gasteiger partial charge on any atom is 0.328 e. The number of carboxylic acid groups (broad SMARTS) is 1. The summed E-state index contributed by atoms with van der Waals surface area (Å²) >= 11 is 1.11. The molecule has 0 spiro atoms. The molecular formula is C23H14N4O3S. The number of nitrogens with zero attached hydrogens (tertiary/aromatic N) is 3. The third kappa shape index (κ3) is 3.60. The van der Waals surface area contributed by atoms with E-state index in [4.69, 9.17) is 5.11 Å². The summed E-state index contributed by atoms with van der Waals surface area (Å²) in [5.41, 5.74) is 5.59. The fraction of sp³-hybridized carbons (Fsp3) is 0. The first-order chi connectivity index (χ1) is 15.1. The number of H-pyrrole nitrogens is 1. The Kier molecular flexibility index (Phi) is 4.61. The van der Waals surface area contributed by atoms with Gasteiger partial charge in [0, 0.05) is 40.5 Å². The van der Waals surface area contributed by atoms with Gasteiger partial charge in [0.2, 0.25) is 0 Å². The molecule has 7 nitrogen and oxygen atoms in total. The van der Waals surface area contributed by atoms with E-state index in [1.807, 2.05) is 30.3 Å². The van der Waals surface area contributed by atoms with Crippen molar-refractivity contribution in [1.29, 1.82) is 0 Å². The van der Waals surface area contributed by atoms with Gasteiger partial charge in [0.05, 0.1) is 11.7 Å². The first-order valence-electron chi connectivity index (χ1n) is 9.34. The van der Waals surface area contributed by atoms with Crippen LogP contribution >= 0.6 is 11.7 Å². The standard InChI is InChI=1S/C23H14N4O3S/c28-21(29)7-4-13-2-1-3-14(8-13)16-9-17-18(12-25-23(17)24-11-16)22(30)15-5-6-19-20(10-15)27-31-26-19/h1-12H,(H,24,25)(H,28,29)/b7-4+. The number of aliphatic carboxylic acids is 1. The van der Waals surface area contributed by atoms with Crippen molar-refractivity contribution in [3.05, 3.63) is 83.7 Å². The largest absolute Gasteiger partial charge is 0.478 e. The average Bonchev–Trinajstić information content (AvgIpc) is 3.43. The van der Waals surface area contributed by atoms with Crippen LogP contribution in [0.2, 0.25) is 0 Å².